The molecule has 1 atom stereocenters. The summed E-state index contributed by atoms with van der Waals surface area (Å²) in [6, 6.07) is 45.5. The fraction of sp³-hybridized carbons (Fsp3) is 0.0323. The first-order valence-electron chi connectivity index (χ1n) is 11.1. The SMILES string of the molecule is c1ccc(NC2c3ccccc3-c3ccc(-c4ccccc4)c(-c4ccccc4)c32)cc1. The first-order chi connectivity index (χ1) is 15.9. The van der Waals surface area contributed by atoms with Crippen molar-refractivity contribution in [3.63, 3.8) is 0 Å². The molecule has 1 nitrogen and oxygen atoms in total. The van der Waals surface area contributed by atoms with E-state index in [1.807, 2.05) is 0 Å². The van der Waals surface area contributed by atoms with Gasteiger partial charge in [-0.05, 0) is 56.6 Å². The Morgan fingerprint density at radius 1 is 0.438 bits per heavy atom. The number of hydrogen-bond donors (Lipinski definition) is 1. The van der Waals surface area contributed by atoms with Gasteiger partial charge < -0.3 is 5.32 Å². The first-order valence-corrected chi connectivity index (χ1v) is 11.1. The molecule has 1 aliphatic carbocycles. The van der Waals surface area contributed by atoms with Crippen LogP contribution in [-0.4, -0.2) is 0 Å². The predicted octanol–water partition coefficient (Wildman–Crippen LogP) is 8.20. The molecule has 5 aromatic carbocycles. The maximum absolute atomic E-state index is 3.84. The van der Waals surface area contributed by atoms with E-state index in [0.717, 1.165) is 5.69 Å². The van der Waals surface area contributed by atoms with Crippen LogP contribution in [0.15, 0.2) is 127 Å². The van der Waals surface area contributed by atoms with Gasteiger partial charge in [-0.2, -0.15) is 0 Å². The lowest BCUT2D eigenvalue weighted by Gasteiger charge is -2.23. The highest BCUT2D eigenvalue weighted by molar-refractivity contribution is 5.95. The van der Waals surface area contributed by atoms with Crippen molar-refractivity contribution in [1.29, 1.82) is 0 Å². The summed E-state index contributed by atoms with van der Waals surface area (Å²) >= 11 is 0. The topological polar surface area (TPSA) is 12.0 Å². The molecule has 0 fully saturated rings. The van der Waals surface area contributed by atoms with E-state index >= 15 is 0 Å². The molecule has 32 heavy (non-hydrogen) atoms. The molecule has 6 rings (SSSR count). The molecule has 5 aromatic rings. The van der Waals surface area contributed by atoms with Crippen LogP contribution in [0.25, 0.3) is 33.4 Å². The van der Waals surface area contributed by atoms with Crippen LogP contribution >= 0.6 is 0 Å². The summed E-state index contributed by atoms with van der Waals surface area (Å²) in [7, 11) is 0. The van der Waals surface area contributed by atoms with Gasteiger partial charge in [0.1, 0.15) is 0 Å². The average Bonchev–Trinajstić information content (AvgIpc) is 3.19. The van der Waals surface area contributed by atoms with Crippen LogP contribution in [0.4, 0.5) is 5.69 Å². The zero-order valence-corrected chi connectivity index (χ0v) is 17.7. The normalized spacial score (nSPS) is 13.9. The minimum Gasteiger partial charge on any atom is -0.374 e. The summed E-state index contributed by atoms with van der Waals surface area (Å²) < 4.78 is 0. The minimum atomic E-state index is 0.0856. The molecule has 1 aliphatic rings. The molecule has 0 amide bonds. The maximum Gasteiger partial charge on any atom is 0.0785 e. The molecular formula is C31H23N. The monoisotopic (exact) mass is 409 g/mol. The quantitative estimate of drug-likeness (QED) is 0.315. The maximum atomic E-state index is 3.84. The van der Waals surface area contributed by atoms with Crippen LogP contribution in [0.3, 0.4) is 0 Å². The molecule has 0 aromatic heterocycles. The predicted molar refractivity (Wildman–Crippen MR) is 135 cm³/mol. The summed E-state index contributed by atoms with van der Waals surface area (Å²) in [5.74, 6) is 0. The number of hydrogen-bond acceptors (Lipinski definition) is 1. The third-order valence-corrected chi connectivity index (χ3v) is 6.33. The van der Waals surface area contributed by atoms with Gasteiger partial charge in [-0.25, -0.2) is 0 Å². The third-order valence-electron chi connectivity index (χ3n) is 6.33. The molecule has 1 unspecified atom stereocenters. The fourth-order valence-electron chi connectivity index (χ4n) is 4.93. The van der Waals surface area contributed by atoms with Gasteiger partial charge in [-0.15, -0.1) is 0 Å². The van der Waals surface area contributed by atoms with Gasteiger partial charge in [0.2, 0.25) is 0 Å². The van der Waals surface area contributed by atoms with Gasteiger partial charge in [-0.1, -0.05) is 115 Å². The highest BCUT2D eigenvalue weighted by Gasteiger charge is 2.32. The number of rotatable bonds is 4. The van der Waals surface area contributed by atoms with Crippen molar-refractivity contribution in [3.8, 4) is 33.4 Å². The number of anilines is 1. The molecule has 0 heterocycles. The standard InChI is InChI=1S/C31H23N/c1-4-12-22(13-5-1)25-20-21-27-26-18-10-11-19-28(26)31(32-24-16-8-3-9-17-24)30(27)29(25)23-14-6-2-7-15-23/h1-21,31-32H. The largest absolute Gasteiger partial charge is 0.374 e. The number of para-hydroxylation sites is 1. The van der Waals surface area contributed by atoms with Crippen molar-refractivity contribution in [1.82, 2.24) is 0 Å². The van der Waals surface area contributed by atoms with E-state index in [0.29, 0.717) is 0 Å². The van der Waals surface area contributed by atoms with E-state index < -0.39 is 0 Å². The molecule has 0 radical (unpaired) electrons. The summed E-state index contributed by atoms with van der Waals surface area (Å²) in [6.45, 7) is 0. The summed E-state index contributed by atoms with van der Waals surface area (Å²) in [5, 5.41) is 3.84. The van der Waals surface area contributed by atoms with Crippen LogP contribution in [0.1, 0.15) is 17.2 Å². The zero-order valence-electron chi connectivity index (χ0n) is 17.7. The van der Waals surface area contributed by atoms with Crippen molar-refractivity contribution in [2.24, 2.45) is 0 Å². The Kier molecular flexibility index (Phi) is 4.58. The molecule has 1 N–H and O–H groups in total. The van der Waals surface area contributed by atoms with Gasteiger partial charge >= 0.3 is 0 Å². The van der Waals surface area contributed by atoms with E-state index in [2.05, 4.69) is 133 Å². The minimum absolute atomic E-state index is 0.0856. The molecule has 0 saturated carbocycles. The molecule has 0 spiro atoms. The van der Waals surface area contributed by atoms with Gasteiger partial charge in [0.15, 0.2) is 0 Å². The lowest BCUT2D eigenvalue weighted by Crippen LogP contribution is -2.11. The number of fused-ring (bicyclic) bond motifs is 3. The zero-order chi connectivity index (χ0) is 21.3. The van der Waals surface area contributed by atoms with E-state index in [1.165, 1.54) is 44.5 Å². The Hall–Kier alpha value is -4.10. The third kappa shape index (κ3) is 3.11. The lowest BCUT2D eigenvalue weighted by molar-refractivity contribution is 0.976. The van der Waals surface area contributed by atoms with Crippen molar-refractivity contribution < 1.29 is 0 Å². The summed E-state index contributed by atoms with van der Waals surface area (Å²) in [4.78, 5) is 0. The molecule has 1 heteroatoms. The van der Waals surface area contributed by atoms with Crippen LogP contribution in [0, 0.1) is 0 Å². The number of benzene rings is 5. The van der Waals surface area contributed by atoms with Gasteiger partial charge in [0.25, 0.3) is 0 Å². The van der Waals surface area contributed by atoms with E-state index in [1.54, 1.807) is 0 Å². The Labute approximate surface area is 189 Å². The van der Waals surface area contributed by atoms with Crippen molar-refractivity contribution in [2.45, 2.75) is 6.04 Å². The second kappa shape index (κ2) is 7.86. The van der Waals surface area contributed by atoms with Crippen LogP contribution in [-0.2, 0) is 0 Å². The Morgan fingerprint density at radius 3 is 1.72 bits per heavy atom. The Balaban J connectivity index is 1.65. The van der Waals surface area contributed by atoms with Crippen LogP contribution < -0.4 is 5.32 Å². The van der Waals surface area contributed by atoms with Crippen LogP contribution in [0.5, 0.6) is 0 Å². The van der Waals surface area contributed by atoms with Crippen molar-refractivity contribution >= 4 is 5.69 Å². The molecule has 152 valence electrons. The number of nitrogens with one attached hydrogen (secondary N) is 1. The Morgan fingerprint density at radius 2 is 1.00 bits per heavy atom. The molecule has 0 bridgehead atoms. The molecule has 0 aliphatic heterocycles. The van der Waals surface area contributed by atoms with Gasteiger partial charge in [0, 0.05) is 5.69 Å². The second-order valence-corrected chi connectivity index (χ2v) is 8.21. The van der Waals surface area contributed by atoms with Crippen molar-refractivity contribution in [3.05, 3.63) is 139 Å². The van der Waals surface area contributed by atoms with Crippen molar-refractivity contribution in [2.75, 3.05) is 5.32 Å². The van der Waals surface area contributed by atoms with E-state index in [4.69, 9.17) is 0 Å². The highest BCUT2D eigenvalue weighted by atomic mass is 14.9. The van der Waals surface area contributed by atoms with E-state index in [-0.39, 0.29) is 6.04 Å². The summed E-state index contributed by atoms with van der Waals surface area (Å²) in [5.41, 5.74) is 11.5. The lowest BCUT2D eigenvalue weighted by atomic mass is 9.86. The second-order valence-electron chi connectivity index (χ2n) is 8.21. The Bertz CT molecular complexity index is 1370. The smallest absolute Gasteiger partial charge is 0.0785 e. The van der Waals surface area contributed by atoms with E-state index in [9.17, 15) is 0 Å². The first kappa shape index (κ1) is 18.7. The average molecular weight is 410 g/mol. The fourth-order valence-corrected chi connectivity index (χ4v) is 4.93. The molecular weight excluding hydrogens is 386 g/mol. The summed E-state index contributed by atoms with van der Waals surface area (Å²) in [6.07, 6.45) is 0. The van der Waals surface area contributed by atoms with Gasteiger partial charge in [-0.3, -0.25) is 0 Å². The van der Waals surface area contributed by atoms with Gasteiger partial charge in [0.05, 0.1) is 6.04 Å². The highest BCUT2D eigenvalue weighted by Crippen LogP contribution is 2.51. The molecule has 0 saturated heterocycles. The van der Waals surface area contributed by atoms with Crippen LogP contribution in [0.2, 0.25) is 0 Å².